The van der Waals surface area contributed by atoms with Gasteiger partial charge >= 0.3 is 0 Å². The normalized spacial score (nSPS) is 12.2. The Kier molecular flexibility index (Phi) is 7.90. The Hall–Kier alpha value is -1.60. The minimum atomic E-state index is -3.64. The first-order valence-corrected chi connectivity index (χ1v) is 9.16. The van der Waals surface area contributed by atoms with Crippen LogP contribution in [0.15, 0.2) is 34.2 Å². The van der Waals surface area contributed by atoms with Crippen LogP contribution in [-0.4, -0.2) is 27.5 Å². The van der Waals surface area contributed by atoms with Gasteiger partial charge in [0.2, 0.25) is 10.0 Å². The number of aliphatic imine (C=N–C) groups is 1. The fraction of sp³-hybridized carbons (Fsp3) is 0.533. The molecule has 0 radical (unpaired) electrons. The van der Waals surface area contributed by atoms with Gasteiger partial charge in [0.1, 0.15) is 0 Å². The zero-order valence-corrected chi connectivity index (χ0v) is 14.1. The average Bonchev–Trinajstić information content (AvgIpc) is 2.48. The summed E-state index contributed by atoms with van der Waals surface area (Å²) in [5, 5.41) is 11.5. The Morgan fingerprint density at radius 2 is 1.82 bits per heavy atom. The SMILES string of the molecule is CCCCCNC(=NCc1ccc(S(N)(=O)=O)cc1)NCC. The molecule has 0 fully saturated rings. The van der Waals surface area contributed by atoms with Crippen LogP contribution in [0.2, 0.25) is 0 Å². The molecule has 1 rings (SSSR count). The minimum Gasteiger partial charge on any atom is -0.357 e. The molecule has 0 aliphatic rings. The largest absolute Gasteiger partial charge is 0.357 e. The summed E-state index contributed by atoms with van der Waals surface area (Å²) in [7, 11) is -3.64. The van der Waals surface area contributed by atoms with Gasteiger partial charge in [0, 0.05) is 13.1 Å². The molecule has 0 bridgehead atoms. The molecule has 0 saturated heterocycles. The topological polar surface area (TPSA) is 96.6 Å². The first-order chi connectivity index (χ1) is 10.5. The monoisotopic (exact) mass is 326 g/mol. The van der Waals surface area contributed by atoms with Crippen LogP contribution in [-0.2, 0) is 16.6 Å². The van der Waals surface area contributed by atoms with Crippen molar-refractivity contribution < 1.29 is 8.42 Å². The maximum absolute atomic E-state index is 11.2. The molecule has 7 heteroatoms. The zero-order valence-electron chi connectivity index (χ0n) is 13.3. The number of hydrogen-bond donors (Lipinski definition) is 3. The van der Waals surface area contributed by atoms with Gasteiger partial charge in [-0.3, -0.25) is 0 Å². The van der Waals surface area contributed by atoms with E-state index in [1.165, 1.54) is 25.0 Å². The van der Waals surface area contributed by atoms with E-state index in [1.54, 1.807) is 12.1 Å². The number of sulfonamides is 1. The Labute approximate surface area is 133 Å². The summed E-state index contributed by atoms with van der Waals surface area (Å²) in [6.45, 7) is 6.36. The van der Waals surface area contributed by atoms with Crippen LogP contribution in [0.1, 0.15) is 38.7 Å². The van der Waals surface area contributed by atoms with Crippen molar-refractivity contribution in [1.82, 2.24) is 10.6 Å². The number of nitrogens with zero attached hydrogens (tertiary/aromatic N) is 1. The van der Waals surface area contributed by atoms with Crippen LogP contribution in [0.25, 0.3) is 0 Å². The number of nitrogens with two attached hydrogens (primary N) is 1. The third kappa shape index (κ3) is 6.91. The summed E-state index contributed by atoms with van der Waals surface area (Å²) >= 11 is 0. The van der Waals surface area contributed by atoms with E-state index < -0.39 is 10.0 Å². The number of hydrogen-bond acceptors (Lipinski definition) is 3. The minimum absolute atomic E-state index is 0.116. The summed E-state index contributed by atoms with van der Waals surface area (Å²) in [5.41, 5.74) is 0.929. The number of nitrogens with one attached hydrogen (secondary N) is 2. The molecule has 0 atom stereocenters. The van der Waals surface area contributed by atoms with Gasteiger partial charge in [-0.05, 0) is 31.0 Å². The summed E-state index contributed by atoms with van der Waals surface area (Å²) in [5.74, 6) is 0.772. The summed E-state index contributed by atoms with van der Waals surface area (Å²) in [4.78, 5) is 4.60. The molecule has 0 amide bonds. The molecule has 0 aliphatic heterocycles. The Balaban J connectivity index is 2.61. The van der Waals surface area contributed by atoms with E-state index in [-0.39, 0.29) is 4.90 Å². The van der Waals surface area contributed by atoms with Crippen LogP contribution in [0.3, 0.4) is 0 Å². The van der Waals surface area contributed by atoms with E-state index >= 15 is 0 Å². The molecule has 124 valence electrons. The van der Waals surface area contributed by atoms with E-state index in [2.05, 4.69) is 22.5 Å². The second-order valence-corrected chi connectivity index (χ2v) is 6.58. The highest BCUT2D eigenvalue weighted by Crippen LogP contribution is 2.09. The van der Waals surface area contributed by atoms with Gasteiger partial charge in [-0.1, -0.05) is 31.9 Å². The van der Waals surface area contributed by atoms with Crippen LogP contribution in [0, 0.1) is 0 Å². The third-order valence-electron chi connectivity index (χ3n) is 3.09. The van der Waals surface area contributed by atoms with Crippen molar-refractivity contribution in [2.45, 2.75) is 44.6 Å². The molecule has 1 aromatic carbocycles. The number of benzene rings is 1. The molecule has 0 unspecified atom stereocenters. The van der Waals surface area contributed by atoms with Crippen LogP contribution >= 0.6 is 0 Å². The highest BCUT2D eigenvalue weighted by atomic mass is 32.2. The third-order valence-corrected chi connectivity index (χ3v) is 4.02. The van der Waals surface area contributed by atoms with Gasteiger partial charge in [-0.25, -0.2) is 18.5 Å². The average molecular weight is 326 g/mol. The quantitative estimate of drug-likeness (QED) is 0.384. The van der Waals surface area contributed by atoms with Crippen molar-refractivity contribution >= 4 is 16.0 Å². The van der Waals surface area contributed by atoms with Gasteiger partial charge in [0.25, 0.3) is 0 Å². The summed E-state index contributed by atoms with van der Waals surface area (Å²) < 4.78 is 22.4. The van der Waals surface area contributed by atoms with Crippen molar-refractivity contribution in [3.63, 3.8) is 0 Å². The van der Waals surface area contributed by atoms with Gasteiger partial charge in [0.05, 0.1) is 11.4 Å². The van der Waals surface area contributed by atoms with Crippen LogP contribution < -0.4 is 15.8 Å². The molecular formula is C15H26N4O2S. The zero-order chi connectivity index (χ0) is 16.4. The van der Waals surface area contributed by atoms with Gasteiger partial charge in [-0.2, -0.15) is 0 Å². The number of guanidine groups is 1. The molecule has 0 aromatic heterocycles. The lowest BCUT2D eigenvalue weighted by Gasteiger charge is -2.11. The van der Waals surface area contributed by atoms with Gasteiger partial charge in [-0.15, -0.1) is 0 Å². The van der Waals surface area contributed by atoms with E-state index in [4.69, 9.17) is 5.14 Å². The van der Waals surface area contributed by atoms with E-state index in [1.807, 2.05) is 6.92 Å². The molecule has 22 heavy (non-hydrogen) atoms. The molecule has 0 aliphatic carbocycles. The highest BCUT2D eigenvalue weighted by Gasteiger charge is 2.06. The summed E-state index contributed by atoms with van der Waals surface area (Å²) in [6, 6.07) is 6.46. The Morgan fingerprint density at radius 1 is 1.14 bits per heavy atom. The van der Waals surface area contributed by atoms with Crippen molar-refractivity contribution in [2.24, 2.45) is 10.1 Å². The molecule has 0 spiro atoms. The number of primary sulfonamides is 1. The van der Waals surface area contributed by atoms with Crippen LogP contribution in [0.5, 0.6) is 0 Å². The van der Waals surface area contributed by atoms with E-state index in [0.29, 0.717) is 6.54 Å². The lowest BCUT2D eigenvalue weighted by atomic mass is 10.2. The predicted octanol–water partition coefficient (Wildman–Crippen LogP) is 1.58. The lowest BCUT2D eigenvalue weighted by Crippen LogP contribution is -2.37. The first-order valence-electron chi connectivity index (χ1n) is 7.61. The predicted molar refractivity (Wildman–Crippen MR) is 90.2 cm³/mol. The van der Waals surface area contributed by atoms with E-state index in [9.17, 15) is 8.42 Å². The molecule has 6 nitrogen and oxygen atoms in total. The molecule has 1 aromatic rings. The molecule has 0 heterocycles. The van der Waals surface area contributed by atoms with Crippen molar-refractivity contribution in [1.29, 1.82) is 0 Å². The maximum atomic E-state index is 11.2. The molecular weight excluding hydrogens is 300 g/mol. The van der Waals surface area contributed by atoms with E-state index in [0.717, 1.165) is 31.0 Å². The fourth-order valence-electron chi connectivity index (χ4n) is 1.88. The second kappa shape index (κ2) is 9.42. The van der Waals surface area contributed by atoms with Gasteiger partial charge in [0.15, 0.2) is 5.96 Å². The number of unbranched alkanes of at least 4 members (excludes halogenated alkanes) is 2. The first kappa shape index (κ1) is 18.4. The molecule has 0 saturated carbocycles. The maximum Gasteiger partial charge on any atom is 0.238 e. The van der Waals surface area contributed by atoms with Crippen molar-refractivity contribution in [2.75, 3.05) is 13.1 Å². The highest BCUT2D eigenvalue weighted by molar-refractivity contribution is 7.89. The smallest absolute Gasteiger partial charge is 0.238 e. The standard InChI is InChI=1S/C15H26N4O2S/c1-3-5-6-11-18-15(17-4-2)19-12-13-7-9-14(10-8-13)22(16,20)21/h7-10H,3-6,11-12H2,1-2H3,(H2,16,20,21)(H2,17,18,19). The fourth-order valence-corrected chi connectivity index (χ4v) is 2.39. The summed E-state index contributed by atoms with van der Waals surface area (Å²) in [6.07, 6.45) is 3.50. The van der Waals surface area contributed by atoms with Crippen molar-refractivity contribution in [3.05, 3.63) is 29.8 Å². The lowest BCUT2D eigenvalue weighted by molar-refractivity contribution is 0.598. The van der Waals surface area contributed by atoms with Gasteiger partial charge < -0.3 is 10.6 Å². The van der Waals surface area contributed by atoms with Crippen LogP contribution in [0.4, 0.5) is 0 Å². The Morgan fingerprint density at radius 3 is 2.36 bits per heavy atom. The molecule has 4 N–H and O–H groups in total. The van der Waals surface area contributed by atoms with Crippen molar-refractivity contribution in [3.8, 4) is 0 Å². The number of rotatable bonds is 8. The Bertz CT molecular complexity index is 568. The second-order valence-electron chi connectivity index (χ2n) is 5.02.